The molecular weight excluding hydrogens is 446 g/mol. The maximum absolute atomic E-state index is 6.00. The van der Waals surface area contributed by atoms with Gasteiger partial charge in [-0.05, 0) is 39.7 Å². The minimum atomic E-state index is 0.440. The van der Waals surface area contributed by atoms with Crippen LogP contribution in [0.4, 0.5) is 11.5 Å². The van der Waals surface area contributed by atoms with Gasteiger partial charge >= 0.3 is 0 Å². The van der Waals surface area contributed by atoms with E-state index in [-0.39, 0.29) is 0 Å². The van der Waals surface area contributed by atoms with Crippen LogP contribution in [-0.4, -0.2) is 24.2 Å². The highest BCUT2D eigenvalue weighted by Crippen LogP contribution is 2.36. The van der Waals surface area contributed by atoms with Gasteiger partial charge in [0.15, 0.2) is 11.5 Å². The second kappa shape index (κ2) is 9.00. The van der Waals surface area contributed by atoms with Crippen LogP contribution in [0, 0.1) is 0 Å². The number of nitrogens with zero attached hydrogens (tertiary/aromatic N) is 2. The zero-order valence-corrected chi connectivity index (χ0v) is 18.1. The van der Waals surface area contributed by atoms with Crippen LogP contribution >= 0.6 is 15.9 Å². The van der Waals surface area contributed by atoms with Crippen molar-refractivity contribution >= 4 is 38.3 Å². The second-order valence-electron chi connectivity index (χ2n) is 6.49. The first-order valence-corrected chi connectivity index (χ1v) is 10.1. The Labute approximate surface area is 183 Å². The van der Waals surface area contributed by atoms with E-state index in [1.54, 1.807) is 14.2 Å². The Morgan fingerprint density at radius 2 is 1.73 bits per heavy atom. The van der Waals surface area contributed by atoms with E-state index < -0.39 is 0 Å². The Balaban J connectivity index is 1.68. The zero-order valence-electron chi connectivity index (χ0n) is 16.6. The summed E-state index contributed by atoms with van der Waals surface area (Å²) in [5, 5.41) is 4.16. The SMILES string of the molecule is COc1ccc(Br)c(Nc2ncnc3cc(OCc4ccccc4)c(OC)cc23)c1. The van der Waals surface area contributed by atoms with E-state index in [1.165, 1.54) is 6.33 Å². The van der Waals surface area contributed by atoms with E-state index in [0.717, 1.165) is 32.4 Å². The molecule has 3 aromatic carbocycles. The Morgan fingerprint density at radius 1 is 0.900 bits per heavy atom. The number of fused-ring (bicyclic) bond motifs is 1. The van der Waals surface area contributed by atoms with Crippen molar-refractivity contribution in [2.45, 2.75) is 6.61 Å². The van der Waals surface area contributed by atoms with Crippen molar-refractivity contribution in [3.63, 3.8) is 0 Å². The normalized spacial score (nSPS) is 10.6. The van der Waals surface area contributed by atoms with Gasteiger partial charge in [0.1, 0.15) is 24.5 Å². The zero-order chi connectivity index (χ0) is 20.9. The highest BCUT2D eigenvalue weighted by Gasteiger charge is 2.13. The molecule has 0 saturated heterocycles. The first-order chi connectivity index (χ1) is 14.7. The second-order valence-corrected chi connectivity index (χ2v) is 7.34. The summed E-state index contributed by atoms with van der Waals surface area (Å²) < 4.78 is 17.8. The van der Waals surface area contributed by atoms with Gasteiger partial charge in [-0.25, -0.2) is 9.97 Å². The first-order valence-electron chi connectivity index (χ1n) is 9.28. The first kappa shape index (κ1) is 20.0. The minimum Gasteiger partial charge on any atom is -0.497 e. The molecular formula is C23H20BrN3O3. The van der Waals surface area contributed by atoms with Crippen molar-refractivity contribution in [3.8, 4) is 17.2 Å². The summed E-state index contributed by atoms with van der Waals surface area (Å²) >= 11 is 3.56. The van der Waals surface area contributed by atoms with Crippen LogP contribution in [0.1, 0.15) is 5.56 Å². The van der Waals surface area contributed by atoms with Gasteiger partial charge in [0.05, 0.1) is 25.4 Å². The molecule has 152 valence electrons. The van der Waals surface area contributed by atoms with E-state index in [4.69, 9.17) is 14.2 Å². The summed E-state index contributed by atoms with van der Waals surface area (Å²) in [5.41, 5.74) is 2.65. The van der Waals surface area contributed by atoms with E-state index in [9.17, 15) is 0 Å². The fourth-order valence-electron chi connectivity index (χ4n) is 3.03. The van der Waals surface area contributed by atoms with Crippen molar-refractivity contribution in [3.05, 3.63) is 77.0 Å². The molecule has 0 spiro atoms. The molecule has 1 aromatic heterocycles. The summed E-state index contributed by atoms with van der Waals surface area (Å²) in [6.45, 7) is 0.440. The maximum atomic E-state index is 6.00. The Hall–Kier alpha value is -3.32. The molecule has 0 fully saturated rings. The quantitative estimate of drug-likeness (QED) is 0.375. The fraction of sp³-hybridized carbons (Fsp3) is 0.130. The largest absolute Gasteiger partial charge is 0.497 e. The average molecular weight is 466 g/mol. The van der Waals surface area contributed by atoms with Crippen LogP contribution in [0.15, 0.2) is 71.5 Å². The number of rotatable bonds is 7. The Kier molecular flexibility index (Phi) is 5.99. The van der Waals surface area contributed by atoms with Crippen LogP contribution < -0.4 is 19.5 Å². The molecule has 7 heteroatoms. The van der Waals surface area contributed by atoms with E-state index >= 15 is 0 Å². The molecule has 0 aliphatic heterocycles. The molecule has 0 atom stereocenters. The summed E-state index contributed by atoms with van der Waals surface area (Å²) in [7, 11) is 3.25. The van der Waals surface area contributed by atoms with Crippen molar-refractivity contribution in [2.24, 2.45) is 0 Å². The third-order valence-electron chi connectivity index (χ3n) is 4.58. The highest BCUT2D eigenvalue weighted by atomic mass is 79.9. The van der Waals surface area contributed by atoms with Crippen LogP contribution in [0.3, 0.4) is 0 Å². The molecule has 0 saturated carbocycles. The number of ether oxygens (including phenoxy) is 3. The maximum Gasteiger partial charge on any atom is 0.163 e. The van der Waals surface area contributed by atoms with Crippen LogP contribution in [0.2, 0.25) is 0 Å². The van der Waals surface area contributed by atoms with Crippen LogP contribution in [0.5, 0.6) is 17.2 Å². The molecule has 0 aliphatic rings. The number of hydrogen-bond donors (Lipinski definition) is 1. The van der Waals surface area contributed by atoms with E-state index in [1.807, 2.05) is 60.7 Å². The van der Waals surface area contributed by atoms with Gasteiger partial charge in [0.2, 0.25) is 0 Å². The fourth-order valence-corrected chi connectivity index (χ4v) is 3.37. The van der Waals surface area contributed by atoms with Gasteiger partial charge in [0.25, 0.3) is 0 Å². The number of benzene rings is 3. The molecule has 4 rings (SSSR count). The lowest BCUT2D eigenvalue weighted by molar-refractivity contribution is 0.285. The summed E-state index contributed by atoms with van der Waals surface area (Å²) in [6, 6.07) is 19.4. The molecule has 30 heavy (non-hydrogen) atoms. The van der Waals surface area contributed by atoms with Gasteiger partial charge < -0.3 is 19.5 Å². The van der Waals surface area contributed by atoms with Crippen molar-refractivity contribution in [1.29, 1.82) is 0 Å². The molecule has 1 N–H and O–H groups in total. The van der Waals surface area contributed by atoms with Gasteiger partial charge in [0, 0.05) is 22.0 Å². The number of anilines is 2. The number of aromatic nitrogens is 2. The molecule has 0 bridgehead atoms. The molecule has 0 radical (unpaired) electrons. The molecule has 4 aromatic rings. The van der Waals surface area contributed by atoms with Crippen molar-refractivity contribution < 1.29 is 14.2 Å². The summed E-state index contributed by atoms with van der Waals surface area (Å²) in [6.07, 6.45) is 1.52. The highest BCUT2D eigenvalue weighted by molar-refractivity contribution is 9.10. The predicted molar refractivity (Wildman–Crippen MR) is 121 cm³/mol. The lowest BCUT2D eigenvalue weighted by Crippen LogP contribution is -2.00. The molecule has 0 aliphatic carbocycles. The van der Waals surface area contributed by atoms with E-state index in [0.29, 0.717) is 23.9 Å². The Morgan fingerprint density at radius 3 is 2.50 bits per heavy atom. The van der Waals surface area contributed by atoms with Gasteiger partial charge in [-0.2, -0.15) is 0 Å². The average Bonchev–Trinajstić information content (AvgIpc) is 2.79. The van der Waals surface area contributed by atoms with Gasteiger partial charge in [-0.15, -0.1) is 0 Å². The monoisotopic (exact) mass is 465 g/mol. The van der Waals surface area contributed by atoms with Crippen molar-refractivity contribution in [2.75, 3.05) is 19.5 Å². The van der Waals surface area contributed by atoms with Gasteiger partial charge in [-0.1, -0.05) is 30.3 Å². The van der Waals surface area contributed by atoms with Crippen molar-refractivity contribution in [1.82, 2.24) is 9.97 Å². The van der Waals surface area contributed by atoms with Gasteiger partial charge in [-0.3, -0.25) is 0 Å². The third-order valence-corrected chi connectivity index (χ3v) is 5.28. The smallest absolute Gasteiger partial charge is 0.163 e. The predicted octanol–water partition coefficient (Wildman–Crippen LogP) is 5.73. The lowest BCUT2D eigenvalue weighted by atomic mass is 10.2. The standard InChI is InChI=1S/C23H20BrN3O3/c1-28-16-8-9-18(24)20(10-16)27-23-17-11-21(29-2)22(12-19(17)25-14-26-23)30-13-15-6-4-3-5-7-15/h3-12,14H,13H2,1-2H3,(H,25,26,27). The minimum absolute atomic E-state index is 0.440. The van der Waals surface area contributed by atoms with Crippen LogP contribution in [0.25, 0.3) is 10.9 Å². The van der Waals surface area contributed by atoms with Crippen LogP contribution in [-0.2, 0) is 6.61 Å². The third kappa shape index (κ3) is 4.31. The number of nitrogens with one attached hydrogen (secondary N) is 1. The molecule has 6 nitrogen and oxygen atoms in total. The molecule has 0 unspecified atom stereocenters. The molecule has 0 amide bonds. The molecule has 1 heterocycles. The summed E-state index contributed by atoms with van der Waals surface area (Å²) in [4.78, 5) is 8.82. The van der Waals surface area contributed by atoms with E-state index in [2.05, 4.69) is 31.2 Å². The summed E-state index contributed by atoms with van der Waals surface area (Å²) in [5.74, 6) is 2.64. The topological polar surface area (TPSA) is 65.5 Å². The number of halogens is 1. The number of methoxy groups -OCH3 is 2. The number of hydrogen-bond acceptors (Lipinski definition) is 6. The lowest BCUT2D eigenvalue weighted by Gasteiger charge is -2.14. The Bertz CT molecular complexity index is 1170.